The molecule has 0 radical (unpaired) electrons. The van der Waals surface area contributed by atoms with Gasteiger partial charge in [-0.25, -0.2) is 5.01 Å². The Labute approximate surface area is 171 Å². The summed E-state index contributed by atoms with van der Waals surface area (Å²) in [5.41, 5.74) is 1.25. The number of nitrogens with zero attached hydrogens (tertiary/aromatic N) is 3. The van der Waals surface area contributed by atoms with Gasteiger partial charge in [-0.15, -0.1) is 0 Å². The molecule has 0 atom stereocenters. The molecule has 0 aliphatic carbocycles. The van der Waals surface area contributed by atoms with Crippen LogP contribution in [0.2, 0.25) is 0 Å². The van der Waals surface area contributed by atoms with Crippen molar-refractivity contribution >= 4 is 23.1 Å². The van der Waals surface area contributed by atoms with E-state index in [4.69, 9.17) is 5.11 Å². The highest BCUT2D eigenvalue weighted by Gasteiger charge is 2.27. The van der Waals surface area contributed by atoms with Crippen molar-refractivity contribution in [2.45, 2.75) is 30.5 Å². The van der Waals surface area contributed by atoms with Gasteiger partial charge in [-0.2, -0.15) is 18.3 Å². The van der Waals surface area contributed by atoms with Crippen LogP contribution in [0, 0.1) is 0 Å². The summed E-state index contributed by atoms with van der Waals surface area (Å²) in [7, 11) is 0. The van der Waals surface area contributed by atoms with E-state index in [-0.39, 0.29) is 30.9 Å². The molecule has 9 heteroatoms. The first-order valence-corrected chi connectivity index (χ1v) is 9.67. The van der Waals surface area contributed by atoms with Crippen LogP contribution in [0.15, 0.2) is 75.4 Å². The number of halogens is 3. The van der Waals surface area contributed by atoms with Crippen LogP contribution in [-0.2, 0) is 6.54 Å². The number of allylic oxidation sites excluding steroid dienone is 3. The second kappa shape index (κ2) is 10.9. The number of aliphatic hydroxyl groups is 2. The Balaban J connectivity index is 2.23. The highest BCUT2D eigenvalue weighted by atomic mass is 32.2. The van der Waals surface area contributed by atoms with Crippen molar-refractivity contribution in [1.82, 2.24) is 5.01 Å². The van der Waals surface area contributed by atoms with Crippen LogP contribution in [0.5, 0.6) is 0 Å². The van der Waals surface area contributed by atoms with E-state index < -0.39 is 12.6 Å². The molecule has 1 aliphatic heterocycles. The molecular formula is C20H22F3N3O2S. The monoisotopic (exact) mass is 425 g/mol. The summed E-state index contributed by atoms with van der Waals surface area (Å²) in [4.78, 5) is 5.41. The second-order valence-corrected chi connectivity index (χ2v) is 7.03. The van der Waals surface area contributed by atoms with Crippen molar-refractivity contribution in [3.8, 4) is 0 Å². The molecule has 0 amide bonds. The molecule has 0 unspecified atom stereocenters. The minimum atomic E-state index is -4.25. The zero-order valence-corrected chi connectivity index (χ0v) is 16.5. The number of benzene rings is 1. The summed E-state index contributed by atoms with van der Waals surface area (Å²) in [5, 5.41) is 25.2. The van der Waals surface area contributed by atoms with E-state index >= 15 is 0 Å². The molecule has 2 N–H and O–H groups in total. The van der Waals surface area contributed by atoms with Gasteiger partial charge in [0.1, 0.15) is 5.76 Å². The molecule has 0 saturated heterocycles. The molecule has 1 heterocycles. The summed E-state index contributed by atoms with van der Waals surface area (Å²) in [5.74, 6) is -0.170. The van der Waals surface area contributed by atoms with Crippen molar-refractivity contribution in [1.29, 1.82) is 0 Å². The number of hydrogen-bond acceptors (Lipinski definition) is 6. The molecular weight excluding hydrogens is 403 g/mol. The van der Waals surface area contributed by atoms with E-state index in [0.29, 0.717) is 11.7 Å². The van der Waals surface area contributed by atoms with Gasteiger partial charge in [0.2, 0.25) is 0 Å². The van der Waals surface area contributed by atoms with Gasteiger partial charge in [-0.1, -0.05) is 42.6 Å². The molecule has 0 spiro atoms. The third kappa shape index (κ3) is 7.43. The first-order chi connectivity index (χ1) is 13.8. The second-order valence-electron chi connectivity index (χ2n) is 6.02. The lowest BCUT2D eigenvalue weighted by atomic mass is 10.2. The molecule has 0 saturated carbocycles. The van der Waals surface area contributed by atoms with E-state index in [1.807, 2.05) is 24.3 Å². The summed E-state index contributed by atoms with van der Waals surface area (Å²) in [6.45, 7) is 3.56. The third-order valence-corrected chi connectivity index (χ3v) is 4.97. The van der Waals surface area contributed by atoms with Crippen molar-refractivity contribution in [3.63, 3.8) is 0 Å². The lowest BCUT2D eigenvalue weighted by Crippen LogP contribution is -2.27. The fourth-order valence-corrected chi connectivity index (χ4v) is 3.43. The number of thioether (sulfide) groups is 1. The lowest BCUT2D eigenvalue weighted by molar-refractivity contribution is -0.135. The van der Waals surface area contributed by atoms with Crippen molar-refractivity contribution < 1.29 is 23.4 Å². The fourth-order valence-electron chi connectivity index (χ4n) is 2.45. The number of hydrazone groups is 1. The Morgan fingerprint density at radius 2 is 2.10 bits per heavy atom. The van der Waals surface area contributed by atoms with Crippen LogP contribution >= 0.6 is 11.8 Å². The normalized spacial score (nSPS) is 15.2. The zero-order valence-electron chi connectivity index (χ0n) is 15.6. The van der Waals surface area contributed by atoms with E-state index in [2.05, 4.69) is 16.7 Å². The summed E-state index contributed by atoms with van der Waals surface area (Å²) in [6, 6.07) is 7.65. The van der Waals surface area contributed by atoms with Gasteiger partial charge in [0.05, 0.1) is 19.4 Å². The zero-order chi connectivity index (χ0) is 21.3. The van der Waals surface area contributed by atoms with E-state index in [1.165, 1.54) is 41.2 Å². The summed E-state index contributed by atoms with van der Waals surface area (Å²) < 4.78 is 37.7. The average Bonchev–Trinajstić information content (AvgIpc) is 2.68. The minimum Gasteiger partial charge on any atom is -0.507 e. The first kappa shape index (κ1) is 22.8. The standard InChI is InChI=1S/C20H22F3N3O2S/c1-2-6-17(28)15(9-12-27)14-25-26(11-5-10-20(21,22)23)19-24-13-16-7-3-4-8-18(16)29-19/h2-4,6-9,14,27-28H,1,5,10-13H2/b15-9-,17-6+,25-14+. The molecule has 2 rings (SSSR count). The molecule has 1 aliphatic rings. The number of aliphatic imine (C=N–C) groups is 1. The van der Waals surface area contributed by atoms with Gasteiger partial charge in [0.25, 0.3) is 0 Å². The van der Waals surface area contributed by atoms with Gasteiger partial charge in [-0.3, -0.25) is 4.99 Å². The minimum absolute atomic E-state index is 0.00233. The fraction of sp³-hybridized carbons (Fsp3) is 0.300. The van der Waals surface area contributed by atoms with Crippen LogP contribution in [0.25, 0.3) is 0 Å². The molecule has 29 heavy (non-hydrogen) atoms. The predicted molar refractivity (Wildman–Crippen MR) is 110 cm³/mol. The van der Waals surface area contributed by atoms with Crippen molar-refractivity contribution in [2.75, 3.05) is 13.2 Å². The number of fused-ring (bicyclic) bond motifs is 1. The molecule has 1 aromatic rings. The van der Waals surface area contributed by atoms with Crippen LogP contribution in [0.3, 0.4) is 0 Å². The Morgan fingerprint density at radius 3 is 2.79 bits per heavy atom. The average molecular weight is 425 g/mol. The van der Waals surface area contributed by atoms with E-state index in [0.717, 1.165) is 10.5 Å². The highest BCUT2D eigenvalue weighted by Crippen LogP contribution is 2.31. The molecule has 0 aromatic heterocycles. The van der Waals surface area contributed by atoms with Crippen LogP contribution < -0.4 is 0 Å². The smallest absolute Gasteiger partial charge is 0.389 e. The Kier molecular flexibility index (Phi) is 8.53. The molecule has 0 bridgehead atoms. The third-order valence-electron chi connectivity index (χ3n) is 3.83. The van der Waals surface area contributed by atoms with Crippen LogP contribution in [-0.4, -0.2) is 45.9 Å². The summed E-state index contributed by atoms with van der Waals surface area (Å²) >= 11 is 1.33. The maximum atomic E-state index is 12.6. The van der Waals surface area contributed by atoms with Gasteiger partial charge >= 0.3 is 6.18 Å². The SMILES string of the molecule is C=C\C=C(O)/C(=C\CO)/C=N/N(CCCC(F)(F)F)C1=NCc2ccccc2S1. The molecule has 5 nitrogen and oxygen atoms in total. The van der Waals surface area contributed by atoms with Gasteiger partial charge in [0, 0.05) is 23.4 Å². The first-order valence-electron chi connectivity index (χ1n) is 8.85. The Hall–Kier alpha value is -2.52. The number of alkyl halides is 3. The topological polar surface area (TPSA) is 68.4 Å². The van der Waals surface area contributed by atoms with Gasteiger partial charge < -0.3 is 10.2 Å². The Morgan fingerprint density at radius 1 is 1.34 bits per heavy atom. The van der Waals surface area contributed by atoms with Gasteiger partial charge in [0.15, 0.2) is 5.17 Å². The number of aliphatic hydroxyl groups excluding tert-OH is 2. The Bertz CT molecular complexity index is 833. The predicted octanol–water partition coefficient (Wildman–Crippen LogP) is 4.83. The number of amidine groups is 1. The van der Waals surface area contributed by atoms with Crippen LogP contribution in [0.1, 0.15) is 18.4 Å². The lowest BCUT2D eigenvalue weighted by Gasteiger charge is -2.24. The largest absolute Gasteiger partial charge is 0.507 e. The van der Waals surface area contributed by atoms with Gasteiger partial charge in [-0.05, 0) is 30.2 Å². The van der Waals surface area contributed by atoms with Crippen molar-refractivity contribution in [2.24, 2.45) is 10.1 Å². The molecule has 156 valence electrons. The number of hydrogen-bond donors (Lipinski definition) is 2. The van der Waals surface area contributed by atoms with Crippen LogP contribution in [0.4, 0.5) is 13.2 Å². The van der Waals surface area contributed by atoms with Crippen molar-refractivity contribution in [3.05, 3.63) is 66.0 Å². The van der Waals surface area contributed by atoms with E-state index in [9.17, 15) is 18.3 Å². The highest BCUT2D eigenvalue weighted by molar-refractivity contribution is 8.13. The maximum absolute atomic E-state index is 12.6. The summed E-state index contributed by atoms with van der Waals surface area (Å²) in [6.07, 6.45) is -0.0424. The number of rotatable bonds is 8. The maximum Gasteiger partial charge on any atom is 0.389 e. The van der Waals surface area contributed by atoms with E-state index in [1.54, 1.807) is 0 Å². The quantitative estimate of drug-likeness (QED) is 0.271. The molecule has 0 fully saturated rings. The molecule has 1 aromatic carbocycles.